The lowest BCUT2D eigenvalue weighted by molar-refractivity contribution is 0.547. The lowest BCUT2D eigenvalue weighted by atomic mass is 10.1. The van der Waals surface area contributed by atoms with Crippen molar-refractivity contribution in [1.29, 1.82) is 0 Å². The molecule has 1 rings (SSSR count). The number of aryl methyl sites for hydroxylation is 1. The van der Waals surface area contributed by atoms with Crippen LogP contribution in [0.25, 0.3) is 0 Å². The van der Waals surface area contributed by atoms with Crippen molar-refractivity contribution >= 4 is 19.7 Å². The van der Waals surface area contributed by atoms with Crippen LogP contribution in [-0.4, -0.2) is 23.2 Å². The van der Waals surface area contributed by atoms with Crippen LogP contribution in [0.1, 0.15) is 51.8 Å². The molecule has 0 aliphatic rings. The summed E-state index contributed by atoms with van der Waals surface area (Å²) in [5.74, 6) is 0.715. The van der Waals surface area contributed by atoms with Gasteiger partial charge >= 0.3 is 0 Å². The second-order valence-electron chi connectivity index (χ2n) is 4.30. The first-order chi connectivity index (χ1) is 8.50. The molecule has 0 fully saturated rings. The van der Waals surface area contributed by atoms with Crippen molar-refractivity contribution in [3.05, 3.63) is 5.82 Å². The summed E-state index contributed by atoms with van der Waals surface area (Å²) in [6.45, 7) is 4.71. The van der Waals surface area contributed by atoms with Crippen LogP contribution in [0.5, 0.6) is 0 Å². The maximum absolute atomic E-state index is 11.4. The highest BCUT2D eigenvalue weighted by Crippen LogP contribution is 2.16. The summed E-state index contributed by atoms with van der Waals surface area (Å²) >= 11 is 0. The average molecular weight is 294 g/mol. The SMILES string of the molecule is CCCCCCc1nnc(S(=O)(=O)Cl)n1CCC. The predicted octanol–water partition coefficient (Wildman–Crippen LogP) is 2.74. The molecule has 18 heavy (non-hydrogen) atoms. The fraction of sp³-hybridized carbons (Fsp3) is 0.818. The molecule has 0 atom stereocenters. The molecule has 7 heteroatoms. The molecule has 1 aromatic rings. The Labute approximate surface area is 113 Å². The van der Waals surface area contributed by atoms with Gasteiger partial charge in [-0.25, -0.2) is 8.42 Å². The van der Waals surface area contributed by atoms with Gasteiger partial charge < -0.3 is 4.57 Å². The first kappa shape index (κ1) is 15.4. The van der Waals surface area contributed by atoms with Crippen molar-refractivity contribution in [1.82, 2.24) is 14.8 Å². The van der Waals surface area contributed by atoms with Gasteiger partial charge in [-0.15, -0.1) is 10.2 Å². The molecule has 0 aliphatic carbocycles. The maximum Gasteiger partial charge on any atom is 0.296 e. The van der Waals surface area contributed by atoms with Crippen LogP contribution in [-0.2, 0) is 22.0 Å². The molecule has 1 heterocycles. The number of unbranched alkanes of at least 4 members (excludes halogenated alkanes) is 3. The number of aromatic nitrogens is 3. The lowest BCUT2D eigenvalue weighted by Crippen LogP contribution is -2.09. The van der Waals surface area contributed by atoms with E-state index in [0.29, 0.717) is 12.4 Å². The van der Waals surface area contributed by atoms with Gasteiger partial charge in [0.2, 0.25) is 0 Å². The van der Waals surface area contributed by atoms with E-state index in [2.05, 4.69) is 17.1 Å². The smallest absolute Gasteiger partial charge is 0.296 e. The molecule has 0 aromatic carbocycles. The number of halogens is 1. The van der Waals surface area contributed by atoms with Gasteiger partial charge in [0.05, 0.1) is 0 Å². The summed E-state index contributed by atoms with van der Waals surface area (Å²) in [5.41, 5.74) is 0. The molecule has 0 aliphatic heterocycles. The largest absolute Gasteiger partial charge is 0.301 e. The Morgan fingerprint density at radius 2 is 1.83 bits per heavy atom. The van der Waals surface area contributed by atoms with Crippen LogP contribution in [0.3, 0.4) is 0 Å². The molecule has 0 saturated carbocycles. The van der Waals surface area contributed by atoms with Crippen LogP contribution in [0, 0.1) is 0 Å². The Balaban J connectivity index is 2.82. The van der Waals surface area contributed by atoms with E-state index in [4.69, 9.17) is 10.7 Å². The third kappa shape index (κ3) is 4.24. The molecular formula is C11H20ClN3O2S. The van der Waals surface area contributed by atoms with Gasteiger partial charge in [-0.3, -0.25) is 0 Å². The van der Waals surface area contributed by atoms with Crippen molar-refractivity contribution in [3.8, 4) is 0 Å². The van der Waals surface area contributed by atoms with Crippen molar-refractivity contribution in [3.63, 3.8) is 0 Å². The zero-order valence-corrected chi connectivity index (χ0v) is 12.5. The predicted molar refractivity (Wildman–Crippen MR) is 71.2 cm³/mol. The normalized spacial score (nSPS) is 11.9. The zero-order valence-electron chi connectivity index (χ0n) is 10.9. The number of rotatable bonds is 8. The van der Waals surface area contributed by atoms with Crippen molar-refractivity contribution in [2.75, 3.05) is 0 Å². The quantitative estimate of drug-likeness (QED) is 0.546. The highest BCUT2D eigenvalue weighted by molar-refractivity contribution is 8.13. The average Bonchev–Trinajstić information content (AvgIpc) is 2.68. The molecule has 0 N–H and O–H groups in total. The monoisotopic (exact) mass is 293 g/mol. The summed E-state index contributed by atoms with van der Waals surface area (Å²) in [5, 5.41) is 7.52. The molecule has 0 spiro atoms. The minimum atomic E-state index is -3.81. The molecule has 0 radical (unpaired) electrons. The van der Waals surface area contributed by atoms with Gasteiger partial charge in [0.25, 0.3) is 14.2 Å². The molecule has 1 aromatic heterocycles. The van der Waals surface area contributed by atoms with E-state index in [-0.39, 0.29) is 5.16 Å². The van der Waals surface area contributed by atoms with Gasteiger partial charge in [-0.05, 0) is 12.8 Å². The molecule has 5 nitrogen and oxygen atoms in total. The molecule has 0 bridgehead atoms. The molecule has 104 valence electrons. The number of hydrogen-bond donors (Lipinski definition) is 0. The maximum atomic E-state index is 11.4. The standard InChI is InChI=1S/C11H20ClN3O2S/c1-3-5-6-7-8-10-13-14-11(18(12,16)17)15(10)9-4-2/h3-9H2,1-2H3. The Kier molecular flexibility index (Phi) is 6.08. The van der Waals surface area contributed by atoms with Crippen LogP contribution in [0.2, 0.25) is 0 Å². The first-order valence-corrected chi connectivity index (χ1v) is 8.68. The van der Waals surface area contributed by atoms with Gasteiger partial charge in [-0.2, -0.15) is 0 Å². The Morgan fingerprint density at radius 1 is 1.11 bits per heavy atom. The van der Waals surface area contributed by atoms with Gasteiger partial charge in [0.1, 0.15) is 5.82 Å². The number of nitrogens with zero attached hydrogens (tertiary/aromatic N) is 3. The topological polar surface area (TPSA) is 64.8 Å². The lowest BCUT2D eigenvalue weighted by Gasteiger charge is -2.06. The van der Waals surface area contributed by atoms with E-state index in [1.165, 1.54) is 12.8 Å². The highest BCUT2D eigenvalue weighted by Gasteiger charge is 2.21. The Hall–Kier alpha value is -0.620. The summed E-state index contributed by atoms with van der Waals surface area (Å²) in [7, 11) is 1.54. The zero-order chi connectivity index (χ0) is 13.6. The first-order valence-electron chi connectivity index (χ1n) is 6.37. The molecule has 0 amide bonds. The van der Waals surface area contributed by atoms with Crippen molar-refractivity contribution < 1.29 is 8.42 Å². The minimum Gasteiger partial charge on any atom is -0.301 e. The fourth-order valence-electron chi connectivity index (χ4n) is 1.84. The van der Waals surface area contributed by atoms with E-state index < -0.39 is 9.05 Å². The highest BCUT2D eigenvalue weighted by atomic mass is 35.7. The fourth-order valence-corrected chi connectivity index (χ4v) is 2.78. The summed E-state index contributed by atoms with van der Waals surface area (Å²) in [4.78, 5) is 0. The van der Waals surface area contributed by atoms with E-state index in [9.17, 15) is 8.42 Å². The third-order valence-electron chi connectivity index (χ3n) is 2.71. The van der Waals surface area contributed by atoms with E-state index in [1.54, 1.807) is 4.57 Å². The number of hydrogen-bond acceptors (Lipinski definition) is 4. The summed E-state index contributed by atoms with van der Waals surface area (Å²) in [6, 6.07) is 0. The summed E-state index contributed by atoms with van der Waals surface area (Å²) < 4.78 is 24.3. The Bertz CT molecular complexity index is 471. The Morgan fingerprint density at radius 3 is 2.39 bits per heavy atom. The molecule has 0 unspecified atom stereocenters. The van der Waals surface area contributed by atoms with Crippen LogP contribution >= 0.6 is 10.7 Å². The van der Waals surface area contributed by atoms with Crippen LogP contribution in [0.4, 0.5) is 0 Å². The van der Waals surface area contributed by atoms with Crippen LogP contribution in [0.15, 0.2) is 5.16 Å². The van der Waals surface area contributed by atoms with Crippen LogP contribution < -0.4 is 0 Å². The van der Waals surface area contributed by atoms with E-state index in [0.717, 1.165) is 25.7 Å². The summed E-state index contributed by atoms with van der Waals surface area (Å²) in [6.07, 6.45) is 6.04. The second-order valence-corrected chi connectivity index (χ2v) is 6.76. The molecular weight excluding hydrogens is 274 g/mol. The second kappa shape index (κ2) is 7.09. The third-order valence-corrected chi connectivity index (χ3v) is 3.86. The molecule has 0 saturated heterocycles. The minimum absolute atomic E-state index is 0.128. The van der Waals surface area contributed by atoms with Crippen molar-refractivity contribution in [2.24, 2.45) is 0 Å². The van der Waals surface area contributed by atoms with E-state index in [1.807, 2.05) is 6.92 Å². The van der Waals surface area contributed by atoms with Gasteiger partial charge in [-0.1, -0.05) is 33.1 Å². The van der Waals surface area contributed by atoms with E-state index >= 15 is 0 Å². The van der Waals surface area contributed by atoms with Gasteiger partial charge in [0, 0.05) is 23.6 Å². The van der Waals surface area contributed by atoms with Crippen molar-refractivity contribution in [2.45, 2.75) is 64.1 Å². The van der Waals surface area contributed by atoms with Gasteiger partial charge in [0.15, 0.2) is 0 Å².